The Bertz CT molecular complexity index is 257. The number of nitrogens with one attached hydrogen (secondary N) is 1. The van der Waals surface area contributed by atoms with Gasteiger partial charge < -0.3 is 15.1 Å². The smallest absolute Gasteiger partial charge is 0.168 e. The Kier molecular flexibility index (Phi) is 4.03. The molecule has 4 heteroatoms. The van der Waals surface area contributed by atoms with Crippen LogP contribution in [-0.4, -0.2) is 54.2 Å². The second-order valence-corrected chi connectivity index (χ2v) is 5.41. The first-order valence-corrected chi connectivity index (χ1v) is 6.86. The third kappa shape index (κ3) is 2.48. The number of nitrogens with zero attached hydrogens (tertiary/aromatic N) is 2. The zero-order valence-corrected chi connectivity index (χ0v) is 11.2. The molecule has 2 heterocycles. The lowest BCUT2D eigenvalue weighted by molar-refractivity contribution is 0.0630. The largest absolute Gasteiger partial charge is 0.363 e. The predicted molar refractivity (Wildman–Crippen MR) is 71.6 cm³/mol. The molecule has 3 nitrogen and oxygen atoms in total. The van der Waals surface area contributed by atoms with Gasteiger partial charge in [0.25, 0.3) is 0 Å². The minimum atomic E-state index is 0.800. The van der Waals surface area contributed by atoms with Gasteiger partial charge in [-0.1, -0.05) is 0 Å². The van der Waals surface area contributed by atoms with E-state index >= 15 is 0 Å². The molecule has 2 rings (SSSR count). The van der Waals surface area contributed by atoms with Crippen LogP contribution in [0.5, 0.6) is 0 Å². The predicted octanol–water partition coefficient (Wildman–Crippen LogP) is 1.30. The molecule has 0 spiro atoms. The lowest BCUT2D eigenvalue weighted by atomic mass is 9.84. The van der Waals surface area contributed by atoms with Gasteiger partial charge in [-0.2, -0.15) is 0 Å². The summed E-state index contributed by atoms with van der Waals surface area (Å²) in [6.45, 7) is 6.59. The number of likely N-dealkylation sites (tertiary alicyclic amines) is 2. The molecule has 0 aromatic rings. The van der Waals surface area contributed by atoms with E-state index < -0.39 is 0 Å². The van der Waals surface area contributed by atoms with Crippen molar-refractivity contribution in [2.75, 3.05) is 33.2 Å². The van der Waals surface area contributed by atoms with Gasteiger partial charge in [-0.15, -0.1) is 0 Å². The molecule has 0 bridgehead atoms. The van der Waals surface area contributed by atoms with E-state index in [0.717, 1.165) is 36.7 Å². The summed E-state index contributed by atoms with van der Waals surface area (Å²) in [6.07, 6.45) is 3.99. The molecule has 2 atom stereocenters. The first kappa shape index (κ1) is 12.1. The van der Waals surface area contributed by atoms with Gasteiger partial charge in [0.1, 0.15) is 0 Å². The summed E-state index contributed by atoms with van der Waals surface area (Å²) >= 11 is 5.40. The van der Waals surface area contributed by atoms with Crippen LogP contribution >= 0.6 is 12.2 Å². The van der Waals surface area contributed by atoms with E-state index in [1.807, 2.05) is 0 Å². The van der Waals surface area contributed by atoms with Crippen molar-refractivity contribution in [1.29, 1.82) is 0 Å². The first-order valence-electron chi connectivity index (χ1n) is 6.45. The molecule has 0 aromatic carbocycles. The van der Waals surface area contributed by atoms with Crippen LogP contribution < -0.4 is 5.32 Å². The molecule has 2 saturated heterocycles. The summed E-state index contributed by atoms with van der Waals surface area (Å²) in [4.78, 5) is 4.90. The minimum Gasteiger partial charge on any atom is -0.363 e. The first-order chi connectivity index (χ1) is 7.72. The van der Waals surface area contributed by atoms with E-state index in [2.05, 4.69) is 29.1 Å². The van der Waals surface area contributed by atoms with Gasteiger partial charge in [-0.05, 0) is 57.9 Å². The Morgan fingerprint density at radius 2 is 2.19 bits per heavy atom. The number of hydrogen-bond donors (Lipinski definition) is 1. The van der Waals surface area contributed by atoms with Crippen molar-refractivity contribution in [3.63, 3.8) is 0 Å². The zero-order chi connectivity index (χ0) is 11.5. The van der Waals surface area contributed by atoms with E-state index in [1.54, 1.807) is 0 Å². The lowest BCUT2D eigenvalue weighted by Gasteiger charge is -2.46. The number of piperidine rings is 2. The van der Waals surface area contributed by atoms with E-state index in [0.29, 0.717) is 0 Å². The second kappa shape index (κ2) is 5.32. The summed E-state index contributed by atoms with van der Waals surface area (Å²) < 4.78 is 0. The molecule has 0 aliphatic carbocycles. The monoisotopic (exact) mass is 241 g/mol. The molecule has 2 unspecified atom stereocenters. The number of fused-ring (bicyclic) bond motifs is 1. The summed E-state index contributed by atoms with van der Waals surface area (Å²) in [7, 11) is 2.27. The van der Waals surface area contributed by atoms with Gasteiger partial charge >= 0.3 is 0 Å². The molecule has 92 valence electrons. The topological polar surface area (TPSA) is 18.5 Å². The van der Waals surface area contributed by atoms with Crippen molar-refractivity contribution in [3.8, 4) is 0 Å². The van der Waals surface area contributed by atoms with Crippen LogP contribution in [0, 0.1) is 5.92 Å². The molecule has 2 aliphatic rings. The fourth-order valence-electron chi connectivity index (χ4n) is 3.10. The Morgan fingerprint density at radius 1 is 1.38 bits per heavy atom. The average Bonchev–Trinajstić information content (AvgIpc) is 2.29. The number of thiocarbonyl (C=S) groups is 1. The van der Waals surface area contributed by atoms with Gasteiger partial charge in [-0.25, -0.2) is 0 Å². The molecule has 1 N–H and O–H groups in total. The van der Waals surface area contributed by atoms with Crippen molar-refractivity contribution in [2.24, 2.45) is 5.92 Å². The van der Waals surface area contributed by atoms with Crippen molar-refractivity contribution in [3.05, 3.63) is 0 Å². The highest BCUT2D eigenvalue weighted by Gasteiger charge is 2.34. The van der Waals surface area contributed by atoms with Crippen LogP contribution in [-0.2, 0) is 0 Å². The van der Waals surface area contributed by atoms with Crippen molar-refractivity contribution in [2.45, 2.75) is 32.2 Å². The van der Waals surface area contributed by atoms with Crippen LogP contribution in [0.1, 0.15) is 26.2 Å². The van der Waals surface area contributed by atoms with Crippen molar-refractivity contribution >= 4 is 17.3 Å². The van der Waals surface area contributed by atoms with Crippen LogP contribution in [0.25, 0.3) is 0 Å². The molecule has 0 radical (unpaired) electrons. The van der Waals surface area contributed by atoms with Gasteiger partial charge in [0, 0.05) is 25.7 Å². The lowest BCUT2D eigenvalue weighted by Crippen LogP contribution is -2.55. The number of rotatable bonds is 1. The average molecular weight is 241 g/mol. The van der Waals surface area contributed by atoms with Gasteiger partial charge in [-0.3, -0.25) is 0 Å². The maximum absolute atomic E-state index is 5.40. The molecule has 16 heavy (non-hydrogen) atoms. The second-order valence-electron chi connectivity index (χ2n) is 5.02. The summed E-state index contributed by atoms with van der Waals surface area (Å²) in [5, 5.41) is 4.22. The normalized spacial score (nSPS) is 31.0. The van der Waals surface area contributed by atoms with Crippen LogP contribution in [0.3, 0.4) is 0 Å². The third-order valence-electron chi connectivity index (χ3n) is 3.96. The van der Waals surface area contributed by atoms with E-state index in [4.69, 9.17) is 12.2 Å². The quantitative estimate of drug-likeness (QED) is 0.697. The molecular weight excluding hydrogens is 218 g/mol. The highest BCUT2D eigenvalue weighted by Crippen LogP contribution is 2.29. The molecule has 0 amide bonds. The summed E-state index contributed by atoms with van der Waals surface area (Å²) in [5.74, 6) is 0.823. The minimum absolute atomic E-state index is 0.800. The summed E-state index contributed by atoms with van der Waals surface area (Å²) in [5.41, 5.74) is 0. The molecular formula is C12H23N3S. The zero-order valence-electron chi connectivity index (χ0n) is 10.4. The highest BCUT2D eigenvalue weighted by atomic mass is 32.1. The maximum atomic E-state index is 5.40. The molecule has 0 aromatic heterocycles. The Labute approximate surface area is 104 Å². The van der Waals surface area contributed by atoms with Gasteiger partial charge in [0.2, 0.25) is 0 Å². The standard InChI is InChI=1S/C12H23N3S/c1-3-13-12(16)15-8-6-11-10(9-15)5-4-7-14(11)2/h10-11H,3-9H2,1-2H3,(H,13,16). The van der Waals surface area contributed by atoms with Crippen LogP contribution in [0.4, 0.5) is 0 Å². The fourth-order valence-corrected chi connectivity index (χ4v) is 3.41. The van der Waals surface area contributed by atoms with Crippen molar-refractivity contribution < 1.29 is 0 Å². The van der Waals surface area contributed by atoms with Crippen molar-refractivity contribution in [1.82, 2.24) is 15.1 Å². The Hall–Kier alpha value is -0.350. The van der Waals surface area contributed by atoms with Gasteiger partial charge in [0.05, 0.1) is 0 Å². The fraction of sp³-hybridized carbons (Fsp3) is 0.917. The maximum Gasteiger partial charge on any atom is 0.168 e. The SMILES string of the molecule is CCNC(=S)N1CCC2C(CCCN2C)C1. The van der Waals surface area contributed by atoms with Gasteiger partial charge in [0.15, 0.2) is 5.11 Å². The molecule has 2 aliphatic heterocycles. The van der Waals surface area contributed by atoms with E-state index in [9.17, 15) is 0 Å². The highest BCUT2D eigenvalue weighted by molar-refractivity contribution is 7.80. The number of hydrogen-bond acceptors (Lipinski definition) is 2. The third-order valence-corrected chi connectivity index (χ3v) is 4.36. The molecule has 2 fully saturated rings. The Balaban J connectivity index is 1.92. The summed E-state index contributed by atoms with van der Waals surface area (Å²) in [6, 6.07) is 0.800. The van der Waals surface area contributed by atoms with E-state index in [1.165, 1.54) is 25.8 Å². The Morgan fingerprint density at radius 3 is 2.94 bits per heavy atom. The van der Waals surface area contributed by atoms with Crippen LogP contribution in [0.15, 0.2) is 0 Å². The molecule has 0 saturated carbocycles. The van der Waals surface area contributed by atoms with E-state index in [-0.39, 0.29) is 0 Å². The van der Waals surface area contributed by atoms with Crippen LogP contribution in [0.2, 0.25) is 0 Å².